The molecule has 0 aliphatic carbocycles. The highest BCUT2D eigenvalue weighted by Gasteiger charge is 2.07. The summed E-state index contributed by atoms with van der Waals surface area (Å²) in [5, 5.41) is 5.53. The molecule has 0 saturated carbocycles. The van der Waals surface area contributed by atoms with E-state index in [1.165, 1.54) is 5.56 Å². The van der Waals surface area contributed by atoms with Crippen molar-refractivity contribution in [1.82, 2.24) is 5.32 Å². The fourth-order valence-corrected chi connectivity index (χ4v) is 1.64. The average molecular weight is 269 g/mol. The van der Waals surface area contributed by atoms with E-state index in [9.17, 15) is 4.79 Å². The Bertz CT molecular complexity index is 378. The number of carbonyl (C=O) groups excluding carboxylic acids is 1. The lowest BCUT2D eigenvalue weighted by Crippen LogP contribution is -2.37. The Balaban J connectivity index is 2.55. The van der Waals surface area contributed by atoms with Gasteiger partial charge in [-0.1, -0.05) is 26.0 Å². The van der Waals surface area contributed by atoms with Crippen molar-refractivity contribution in [2.45, 2.75) is 39.2 Å². The lowest BCUT2D eigenvalue weighted by Gasteiger charge is -2.13. The maximum absolute atomic E-state index is 11.6. The number of hydrogen-bond acceptors (Lipinski definition) is 1. The minimum atomic E-state index is -0.223. The van der Waals surface area contributed by atoms with E-state index in [1.54, 1.807) is 0 Å². The van der Waals surface area contributed by atoms with E-state index in [4.69, 9.17) is 11.6 Å². The standard InChI is InChI=1S/C14H21ClN2O/c1-4-10(2)12-5-7-13(8-6-12)17-14(18)16-11(3)9-15/h5-8,10-11H,4,9H2,1-3H3,(H2,16,17,18)/t10-,11-/m1/s1. The Morgan fingerprint density at radius 1 is 1.28 bits per heavy atom. The maximum Gasteiger partial charge on any atom is 0.319 e. The first kappa shape index (κ1) is 14.8. The summed E-state index contributed by atoms with van der Waals surface area (Å²) in [7, 11) is 0. The predicted molar refractivity (Wildman–Crippen MR) is 77.5 cm³/mol. The molecule has 18 heavy (non-hydrogen) atoms. The molecule has 2 atom stereocenters. The largest absolute Gasteiger partial charge is 0.334 e. The number of urea groups is 1. The second-order valence-electron chi connectivity index (χ2n) is 4.59. The molecule has 1 aromatic rings. The molecule has 0 heterocycles. The number of benzene rings is 1. The zero-order valence-electron chi connectivity index (χ0n) is 11.2. The van der Waals surface area contributed by atoms with Crippen LogP contribution in [0.5, 0.6) is 0 Å². The summed E-state index contributed by atoms with van der Waals surface area (Å²) in [6.45, 7) is 6.22. The van der Waals surface area contributed by atoms with Crippen LogP contribution < -0.4 is 10.6 Å². The van der Waals surface area contributed by atoms with E-state index in [0.717, 1.165) is 12.1 Å². The van der Waals surface area contributed by atoms with Gasteiger partial charge in [0.1, 0.15) is 0 Å². The minimum Gasteiger partial charge on any atom is -0.334 e. The van der Waals surface area contributed by atoms with Crippen molar-refractivity contribution < 1.29 is 4.79 Å². The number of halogens is 1. The number of rotatable bonds is 5. The number of anilines is 1. The molecule has 0 aliphatic heterocycles. The van der Waals surface area contributed by atoms with Gasteiger partial charge < -0.3 is 10.6 Å². The van der Waals surface area contributed by atoms with Gasteiger partial charge in [0.15, 0.2) is 0 Å². The Morgan fingerprint density at radius 3 is 2.39 bits per heavy atom. The molecule has 0 fully saturated rings. The Morgan fingerprint density at radius 2 is 1.89 bits per heavy atom. The van der Waals surface area contributed by atoms with Crippen LogP contribution in [0.25, 0.3) is 0 Å². The minimum absolute atomic E-state index is 0.0361. The molecule has 1 rings (SSSR count). The number of hydrogen-bond donors (Lipinski definition) is 2. The molecule has 100 valence electrons. The van der Waals surface area contributed by atoms with Gasteiger partial charge in [0.25, 0.3) is 0 Å². The number of amides is 2. The summed E-state index contributed by atoms with van der Waals surface area (Å²) in [6.07, 6.45) is 1.11. The molecule has 0 aliphatic rings. The van der Waals surface area contributed by atoms with E-state index in [2.05, 4.69) is 36.6 Å². The first-order chi connectivity index (χ1) is 8.56. The Kier molecular flexibility index (Phi) is 5.99. The van der Waals surface area contributed by atoms with Crippen LogP contribution in [0.15, 0.2) is 24.3 Å². The zero-order chi connectivity index (χ0) is 13.5. The smallest absolute Gasteiger partial charge is 0.319 e. The molecule has 2 N–H and O–H groups in total. The van der Waals surface area contributed by atoms with Crippen molar-refractivity contribution >= 4 is 23.3 Å². The zero-order valence-corrected chi connectivity index (χ0v) is 11.9. The van der Waals surface area contributed by atoms with E-state index in [0.29, 0.717) is 11.8 Å². The van der Waals surface area contributed by atoms with Gasteiger partial charge in [-0.2, -0.15) is 0 Å². The molecule has 1 aromatic carbocycles. The fourth-order valence-electron chi connectivity index (χ4n) is 1.56. The number of carbonyl (C=O) groups is 1. The van der Waals surface area contributed by atoms with Crippen molar-refractivity contribution in [1.29, 1.82) is 0 Å². The van der Waals surface area contributed by atoms with Crippen LogP contribution in [0.4, 0.5) is 10.5 Å². The van der Waals surface area contributed by atoms with Crippen molar-refractivity contribution in [3.63, 3.8) is 0 Å². The van der Waals surface area contributed by atoms with Crippen LogP contribution in [0.1, 0.15) is 38.7 Å². The third-order valence-corrected chi connectivity index (χ3v) is 3.42. The van der Waals surface area contributed by atoms with Gasteiger partial charge in [-0.05, 0) is 37.0 Å². The third-order valence-electron chi connectivity index (χ3n) is 2.96. The quantitative estimate of drug-likeness (QED) is 0.780. The van der Waals surface area contributed by atoms with Gasteiger partial charge in [-0.15, -0.1) is 11.6 Å². The lowest BCUT2D eigenvalue weighted by molar-refractivity contribution is 0.250. The molecule has 0 spiro atoms. The summed E-state index contributed by atoms with van der Waals surface area (Å²) in [5.74, 6) is 0.949. The molecular weight excluding hydrogens is 248 g/mol. The van der Waals surface area contributed by atoms with Crippen molar-refractivity contribution in [2.75, 3.05) is 11.2 Å². The SMILES string of the molecule is CC[C@@H](C)c1ccc(NC(=O)N[C@H](C)CCl)cc1. The highest BCUT2D eigenvalue weighted by molar-refractivity contribution is 6.18. The fraction of sp³-hybridized carbons (Fsp3) is 0.500. The van der Waals surface area contributed by atoms with Crippen molar-refractivity contribution in [2.24, 2.45) is 0 Å². The molecular formula is C14H21ClN2O. The maximum atomic E-state index is 11.6. The molecule has 0 radical (unpaired) electrons. The van der Waals surface area contributed by atoms with Crippen LogP contribution in [0, 0.1) is 0 Å². The van der Waals surface area contributed by atoms with E-state index in [-0.39, 0.29) is 12.1 Å². The van der Waals surface area contributed by atoms with Crippen LogP contribution in [-0.2, 0) is 0 Å². The highest BCUT2D eigenvalue weighted by atomic mass is 35.5. The van der Waals surface area contributed by atoms with Gasteiger partial charge in [0.2, 0.25) is 0 Å². The molecule has 0 aromatic heterocycles. The second kappa shape index (κ2) is 7.27. The summed E-state index contributed by atoms with van der Waals surface area (Å²) < 4.78 is 0. The van der Waals surface area contributed by atoms with E-state index >= 15 is 0 Å². The summed E-state index contributed by atoms with van der Waals surface area (Å²) in [4.78, 5) is 11.6. The molecule has 4 heteroatoms. The Labute approximate surface area is 114 Å². The van der Waals surface area contributed by atoms with Crippen molar-refractivity contribution in [3.05, 3.63) is 29.8 Å². The Hall–Kier alpha value is -1.22. The van der Waals surface area contributed by atoms with Crippen LogP contribution in [-0.4, -0.2) is 18.0 Å². The van der Waals surface area contributed by atoms with Crippen LogP contribution in [0.3, 0.4) is 0 Å². The normalized spacial score (nSPS) is 13.8. The summed E-state index contributed by atoms with van der Waals surface area (Å²) in [6, 6.07) is 7.69. The summed E-state index contributed by atoms with van der Waals surface area (Å²) in [5.41, 5.74) is 2.08. The van der Waals surface area contributed by atoms with E-state index < -0.39 is 0 Å². The van der Waals surface area contributed by atoms with Gasteiger partial charge in [-0.3, -0.25) is 0 Å². The topological polar surface area (TPSA) is 41.1 Å². The molecule has 2 amide bonds. The first-order valence-electron chi connectivity index (χ1n) is 6.30. The van der Waals surface area contributed by atoms with E-state index in [1.807, 2.05) is 19.1 Å². The predicted octanol–water partition coefficient (Wildman–Crippen LogP) is 3.95. The number of nitrogens with one attached hydrogen (secondary N) is 2. The molecule has 0 saturated heterocycles. The second-order valence-corrected chi connectivity index (χ2v) is 4.89. The number of alkyl halides is 1. The van der Waals surface area contributed by atoms with Gasteiger partial charge >= 0.3 is 6.03 Å². The third kappa shape index (κ3) is 4.57. The van der Waals surface area contributed by atoms with Crippen LogP contribution >= 0.6 is 11.6 Å². The summed E-state index contributed by atoms with van der Waals surface area (Å²) >= 11 is 5.63. The molecule has 3 nitrogen and oxygen atoms in total. The monoisotopic (exact) mass is 268 g/mol. The van der Waals surface area contributed by atoms with Gasteiger partial charge in [0.05, 0.1) is 0 Å². The first-order valence-corrected chi connectivity index (χ1v) is 6.83. The van der Waals surface area contributed by atoms with Gasteiger partial charge in [-0.25, -0.2) is 4.79 Å². The van der Waals surface area contributed by atoms with Gasteiger partial charge in [0, 0.05) is 17.6 Å². The van der Waals surface area contributed by atoms with Crippen molar-refractivity contribution in [3.8, 4) is 0 Å². The molecule has 0 bridgehead atoms. The average Bonchev–Trinajstić information content (AvgIpc) is 2.38. The lowest BCUT2D eigenvalue weighted by atomic mass is 9.99. The van der Waals surface area contributed by atoms with Crippen LogP contribution in [0.2, 0.25) is 0 Å². The molecule has 0 unspecified atom stereocenters. The highest BCUT2D eigenvalue weighted by Crippen LogP contribution is 2.20.